The van der Waals surface area contributed by atoms with E-state index in [0.29, 0.717) is 0 Å². The maximum Gasteiger partial charge on any atom is 0.0856 e. The molecule has 3 nitrogen and oxygen atoms in total. The highest BCUT2D eigenvalue weighted by Gasteiger charge is 2.23. The van der Waals surface area contributed by atoms with Gasteiger partial charge in [-0.25, -0.2) is 0 Å². The Labute approximate surface area is 80.5 Å². The van der Waals surface area contributed by atoms with Crippen molar-refractivity contribution in [2.24, 2.45) is 5.73 Å². The van der Waals surface area contributed by atoms with Crippen molar-refractivity contribution in [1.82, 2.24) is 4.90 Å². The normalized spacial score (nSPS) is 27.2. The molecule has 0 aliphatic carbocycles. The molecule has 2 atom stereocenters. The Morgan fingerprint density at radius 3 is 3.00 bits per heavy atom. The lowest BCUT2D eigenvalue weighted by atomic mass is 10.0. The Kier molecular flexibility index (Phi) is 3.90. The summed E-state index contributed by atoms with van der Waals surface area (Å²) in [4.78, 5) is 2.26. The Morgan fingerprint density at radius 2 is 2.46 bits per heavy atom. The SMILES string of the molecule is C=C(C)CC(N)C1CN(C)CCO1. The van der Waals surface area contributed by atoms with Crippen molar-refractivity contribution < 1.29 is 4.74 Å². The summed E-state index contributed by atoms with van der Waals surface area (Å²) in [5, 5.41) is 0. The number of hydrogen-bond acceptors (Lipinski definition) is 3. The van der Waals surface area contributed by atoms with Gasteiger partial charge >= 0.3 is 0 Å². The van der Waals surface area contributed by atoms with Gasteiger partial charge in [0.1, 0.15) is 0 Å². The summed E-state index contributed by atoms with van der Waals surface area (Å²) < 4.78 is 5.60. The van der Waals surface area contributed by atoms with E-state index in [0.717, 1.165) is 31.7 Å². The van der Waals surface area contributed by atoms with Gasteiger partial charge in [0, 0.05) is 19.1 Å². The third-order valence-corrected chi connectivity index (χ3v) is 2.36. The molecule has 2 unspecified atom stereocenters. The minimum atomic E-state index is 0.0975. The molecule has 0 amide bonds. The summed E-state index contributed by atoms with van der Waals surface area (Å²) >= 11 is 0. The first kappa shape index (κ1) is 10.7. The highest BCUT2D eigenvalue weighted by Crippen LogP contribution is 2.11. The lowest BCUT2D eigenvalue weighted by Crippen LogP contribution is -2.49. The van der Waals surface area contributed by atoms with Crippen molar-refractivity contribution in [2.45, 2.75) is 25.5 Å². The van der Waals surface area contributed by atoms with E-state index in [9.17, 15) is 0 Å². The average molecular weight is 184 g/mol. The lowest BCUT2D eigenvalue weighted by molar-refractivity contribution is -0.0318. The van der Waals surface area contributed by atoms with Crippen molar-refractivity contribution in [3.8, 4) is 0 Å². The van der Waals surface area contributed by atoms with Gasteiger partial charge in [0.05, 0.1) is 12.7 Å². The van der Waals surface area contributed by atoms with Crippen molar-refractivity contribution in [2.75, 3.05) is 26.7 Å². The van der Waals surface area contributed by atoms with Crippen molar-refractivity contribution in [3.05, 3.63) is 12.2 Å². The molecule has 1 aliphatic rings. The zero-order valence-corrected chi connectivity index (χ0v) is 8.62. The number of nitrogens with two attached hydrogens (primary N) is 1. The van der Waals surface area contributed by atoms with Gasteiger partial charge < -0.3 is 15.4 Å². The Morgan fingerprint density at radius 1 is 1.77 bits per heavy atom. The summed E-state index contributed by atoms with van der Waals surface area (Å²) in [5.41, 5.74) is 7.13. The second kappa shape index (κ2) is 4.74. The highest BCUT2D eigenvalue weighted by atomic mass is 16.5. The Hall–Kier alpha value is -0.380. The third-order valence-electron chi connectivity index (χ3n) is 2.36. The molecule has 0 aromatic rings. The minimum absolute atomic E-state index is 0.0975. The number of rotatable bonds is 3. The van der Waals surface area contributed by atoms with Crippen molar-refractivity contribution in [1.29, 1.82) is 0 Å². The van der Waals surface area contributed by atoms with Crippen LogP contribution in [0.2, 0.25) is 0 Å². The fourth-order valence-corrected chi connectivity index (χ4v) is 1.60. The molecule has 0 radical (unpaired) electrons. The van der Waals surface area contributed by atoms with Gasteiger partial charge in [-0.05, 0) is 20.4 Å². The maximum atomic E-state index is 6.00. The van der Waals surface area contributed by atoms with Gasteiger partial charge in [-0.15, -0.1) is 6.58 Å². The van der Waals surface area contributed by atoms with Crippen molar-refractivity contribution in [3.63, 3.8) is 0 Å². The predicted molar refractivity (Wildman–Crippen MR) is 54.6 cm³/mol. The molecule has 0 aromatic heterocycles. The van der Waals surface area contributed by atoms with Gasteiger partial charge in [-0.1, -0.05) is 5.57 Å². The van der Waals surface area contributed by atoms with Crippen LogP contribution >= 0.6 is 0 Å². The summed E-state index contributed by atoms with van der Waals surface area (Å²) in [6, 6.07) is 0.0975. The zero-order chi connectivity index (χ0) is 9.84. The molecule has 0 aromatic carbocycles. The number of morpholine rings is 1. The van der Waals surface area contributed by atoms with Crippen LogP contribution in [0.3, 0.4) is 0 Å². The summed E-state index contributed by atoms with van der Waals surface area (Å²) in [6.07, 6.45) is 1.04. The van der Waals surface area contributed by atoms with Gasteiger partial charge in [0.2, 0.25) is 0 Å². The molecular weight excluding hydrogens is 164 g/mol. The van der Waals surface area contributed by atoms with Gasteiger partial charge in [0.15, 0.2) is 0 Å². The first-order valence-electron chi connectivity index (χ1n) is 4.79. The van der Waals surface area contributed by atoms with E-state index < -0.39 is 0 Å². The molecule has 0 spiro atoms. The molecule has 1 heterocycles. The van der Waals surface area contributed by atoms with E-state index in [4.69, 9.17) is 10.5 Å². The molecule has 1 fully saturated rings. The quantitative estimate of drug-likeness (QED) is 0.653. The van der Waals surface area contributed by atoms with Crippen LogP contribution in [0.15, 0.2) is 12.2 Å². The summed E-state index contributed by atoms with van der Waals surface area (Å²) in [7, 11) is 2.10. The smallest absolute Gasteiger partial charge is 0.0856 e. The second-order valence-electron chi connectivity index (χ2n) is 4.00. The Balaban J connectivity index is 2.36. The van der Waals surface area contributed by atoms with Crippen LogP contribution in [0.5, 0.6) is 0 Å². The van der Waals surface area contributed by atoms with E-state index in [1.807, 2.05) is 6.92 Å². The van der Waals surface area contributed by atoms with Crippen LogP contribution in [0, 0.1) is 0 Å². The number of hydrogen-bond donors (Lipinski definition) is 1. The predicted octanol–water partition coefficient (Wildman–Crippen LogP) is 0.611. The first-order valence-corrected chi connectivity index (χ1v) is 4.79. The number of likely N-dealkylation sites (N-methyl/N-ethyl adjacent to an activating group) is 1. The van der Waals surface area contributed by atoms with E-state index in [2.05, 4.69) is 18.5 Å². The highest BCUT2D eigenvalue weighted by molar-refractivity contribution is 4.95. The fraction of sp³-hybridized carbons (Fsp3) is 0.800. The molecule has 0 bridgehead atoms. The van der Waals surface area contributed by atoms with Crippen LogP contribution in [0.25, 0.3) is 0 Å². The van der Waals surface area contributed by atoms with E-state index in [-0.39, 0.29) is 12.1 Å². The van der Waals surface area contributed by atoms with Crippen LogP contribution in [0.1, 0.15) is 13.3 Å². The topological polar surface area (TPSA) is 38.5 Å². The fourth-order valence-electron chi connectivity index (χ4n) is 1.60. The molecule has 76 valence electrons. The molecule has 2 N–H and O–H groups in total. The molecule has 13 heavy (non-hydrogen) atoms. The molecule has 1 saturated heterocycles. The first-order chi connectivity index (χ1) is 6.09. The second-order valence-corrected chi connectivity index (χ2v) is 4.00. The molecular formula is C10H20N2O. The van der Waals surface area contributed by atoms with Crippen LogP contribution in [0.4, 0.5) is 0 Å². The van der Waals surface area contributed by atoms with E-state index >= 15 is 0 Å². The molecule has 1 aliphatic heterocycles. The number of ether oxygens (including phenoxy) is 1. The molecule has 0 saturated carbocycles. The van der Waals surface area contributed by atoms with Crippen LogP contribution < -0.4 is 5.73 Å². The van der Waals surface area contributed by atoms with Crippen LogP contribution in [-0.2, 0) is 4.74 Å². The van der Waals surface area contributed by atoms with Gasteiger partial charge in [0.25, 0.3) is 0 Å². The summed E-state index contributed by atoms with van der Waals surface area (Å²) in [5.74, 6) is 0. The van der Waals surface area contributed by atoms with E-state index in [1.54, 1.807) is 0 Å². The third kappa shape index (κ3) is 3.46. The van der Waals surface area contributed by atoms with E-state index in [1.165, 1.54) is 0 Å². The standard InChI is InChI=1S/C10H20N2O/c1-8(2)6-9(11)10-7-12(3)4-5-13-10/h9-10H,1,4-7,11H2,2-3H3. The zero-order valence-electron chi connectivity index (χ0n) is 8.62. The molecule has 1 rings (SSSR count). The van der Waals surface area contributed by atoms with Gasteiger partial charge in [-0.2, -0.15) is 0 Å². The summed E-state index contributed by atoms with van der Waals surface area (Å²) in [6.45, 7) is 8.61. The number of nitrogens with zero attached hydrogens (tertiary/aromatic N) is 1. The minimum Gasteiger partial charge on any atom is -0.374 e. The lowest BCUT2D eigenvalue weighted by Gasteiger charge is -2.33. The largest absolute Gasteiger partial charge is 0.374 e. The Bertz CT molecular complexity index is 182. The molecule has 3 heteroatoms. The maximum absolute atomic E-state index is 6.00. The van der Waals surface area contributed by atoms with Gasteiger partial charge in [-0.3, -0.25) is 0 Å². The average Bonchev–Trinajstić information content (AvgIpc) is 2.03. The van der Waals surface area contributed by atoms with Crippen molar-refractivity contribution >= 4 is 0 Å². The monoisotopic (exact) mass is 184 g/mol. The van der Waals surface area contributed by atoms with Crippen LogP contribution in [-0.4, -0.2) is 43.8 Å².